The molecule has 0 fully saturated rings. The lowest BCUT2D eigenvalue weighted by molar-refractivity contribution is 0.0697. The van der Waals surface area contributed by atoms with Crippen molar-refractivity contribution in [3.05, 3.63) is 101 Å². The van der Waals surface area contributed by atoms with Gasteiger partial charge in [0.05, 0.1) is 12.1 Å². The Balaban J connectivity index is 1.55. The second-order valence-electron chi connectivity index (χ2n) is 8.12. The van der Waals surface area contributed by atoms with Crippen LogP contribution in [0.1, 0.15) is 57.7 Å². The molecule has 0 amide bonds. The zero-order valence-electron chi connectivity index (χ0n) is 19.0. The summed E-state index contributed by atoms with van der Waals surface area (Å²) in [5.74, 6) is -0.0703. The number of aryl methyl sites for hydroxylation is 1. The molecule has 172 valence electrons. The van der Waals surface area contributed by atoms with Crippen LogP contribution in [0.5, 0.6) is 0 Å². The number of aromatic carboxylic acids is 1. The number of benzene rings is 2. The predicted octanol–water partition coefficient (Wildman–Crippen LogP) is 4.85. The number of carbonyl (C=O) groups excluding carboxylic acids is 1. The van der Waals surface area contributed by atoms with Crippen molar-refractivity contribution in [2.45, 2.75) is 39.2 Å². The number of pyridine rings is 1. The van der Waals surface area contributed by atoms with Gasteiger partial charge in [0.25, 0.3) is 0 Å². The highest BCUT2D eigenvalue weighted by molar-refractivity contribution is 5.95. The second kappa shape index (κ2) is 10.7. The van der Waals surface area contributed by atoms with Crippen LogP contribution in [0.4, 0.5) is 0 Å². The van der Waals surface area contributed by atoms with Gasteiger partial charge < -0.3 is 5.11 Å². The molecule has 0 unspecified atom stereocenters. The van der Waals surface area contributed by atoms with Crippen molar-refractivity contribution in [1.82, 2.24) is 19.7 Å². The molecular weight excluding hydrogens is 428 g/mol. The topological polar surface area (TPSA) is 98.0 Å². The maximum absolute atomic E-state index is 12.8. The monoisotopic (exact) mass is 454 g/mol. The molecule has 4 rings (SSSR count). The molecule has 0 atom stereocenters. The minimum absolute atomic E-state index is 0.100. The molecule has 7 nitrogen and oxygen atoms in total. The lowest BCUT2D eigenvalue weighted by atomic mass is 10.0. The Labute approximate surface area is 198 Å². The lowest BCUT2D eigenvalue weighted by Gasteiger charge is -2.09. The molecular formula is C27H26N4O3. The first-order valence-corrected chi connectivity index (χ1v) is 11.3. The summed E-state index contributed by atoms with van der Waals surface area (Å²) in [4.78, 5) is 32.8. The Morgan fingerprint density at radius 3 is 2.44 bits per heavy atom. The van der Waals surface area contributed by atoms with Crippen molar-refractivity contribution in [2.75, 3.05) is 0 Å². The second-order valence-corrected chi connectivity index (χ2v) is 8.12. The molecule has 0 bridgehead atoms. The number of hydrogen-bond acceptors (Lipinski definition) is 5. The van der Waals surface area contributed by atoms with Gasteiger partial charge in [-0.25, -0.2) is 14.5 Å². The number of carboxylic acid groups (broad SMARTS) is 1. The third-order valence-electron chi connectivity index (χ3n) is 5.61. The summed E-state index contributed by atoms with van der Waals surface area (Å²) in [6.07, 6.45) is 5.94. The van der Waals surface area contributed by atoms with E-state index in [1.807, 2.05) is 54.6 Å². The number of carboxylic acids is 1. The number of Topliss-reactive ketones (excluding diaryl/α,β-unsaturated/α-hetero) is 1. The Morgan fingerprint density at radius 2 is 1.74 bits per heavy atom. The molecule has 34 heavy (non-hydrogen) atoms. The average molecular weight is 455 g/mol. The highest BCUT2D eigenvalue weighted by Gasteiger charge is 2.17. The number of ketones is 1. The molecule has 2 heterocycles. The molecule has 2 aromatic carbocycles. The van der Waals surface area contributed by atoms with E-state index in [0.29, 0.717) is 12.1 Å². The van der Waals surface area contributed by atoms with Crippen molar-refractivity contribution in [3.8, 4) is 11.1 Å². The molecule has 0 radical (unpaired) electrons. The minimum atomic E-state index is -1.01. The Hall–Kier alpha value is -4.13. The van der Waals surface area contributed by atoms with Crippen LogP contribution in [0.3, 0.4) is 0 Å². The number of carbonyl (C=O) groups is 2. The zero-order chi connectivity index (χ0) is 23.9. The summed E-state index contributed by atoms with van der Waals surface area (Å²) in [6, 6.07) is 19.0. The van der Waals surface area contributed by atoms with Gasteiger partial charge in [0.15, 0.2) is 0 Å². The smallest absolute Gasteiger partial charge is 0.337 e. The number of hydrogen-bond donors (Lipinski definition) is 1. The van der Waals surface area contributed by atoms with Gasteiger partial charge in [0.1, 0.15) is 5.82 Å². The van der Waals surface area contributed by atoms with Crippen LogP contribution >= 0.6 is 0 Å². The van der Waals surface area contributed by atoms with Crippen molar-refractivity contribution < 1.29 is 14.7 Å². The Kier molecular flexibility index (Phi) is 7.22. The van der Waals surface area contributed by atoms with E-state index in [2.05, 4.69) is 22.0 Å². The summed E-state index contributed by atoms with van der Waals surface area (Å²) >= 11 is 0. The normalized spacial score (nSPS) is 10.9. The fraction of sp³-hybridized carbons (Fsp3) is 0.222. The van der Waals surface area contributed by atoms with Crippen LogP contribution in [-0.4, -0.2) is 36.6 Å². The SMILES string of the molecule is CCCCc1nc(C(=O)Cc2ccccc2)nn1Cc1ccc(-c2ccncc2C(=O)O)cc1. The molecule has 0 aliphatic carbocycles. The van der Waals surface area contributed by atoms with E-state index in [1.165, 1.54) is 6.20 Å². The van der Waals surface area contributed by atoms with E-state index in [1.54, 1.807) is 16.9 Å². The number of rotatable bonds is 10. The van der Waals surface area contributed by atoms with Gasteiger partial charge in [0.2, 0.25) is 11.6 Å². The van der Waals surface area contributed by atoms with Crippen molar-refractivity contribution in [2.24, 2.45) is 0 Å². The minimum Gasteiger partial charge on any atom is -0.478 e. The van der Waals surface area contributed by atoms with Crippen molar-refractivity contribution in [3.63, 3.8) is 0 Å². The predicted molar refractivity (Wildman–Crippen MR) is 129 cm³/mol. The van der Waals surface area contributed by atoms with Crippen molar-refractivity contribution in [1.29, 1.82) is 0 Å². The van der Waals surface area contributed by atoms with Gasteiger partial charge >= 0.3 is 5.97 Å². The number of unbranched alkanes of at least 4 members (excludes halogenated alkanes) is 1. The maximum Gasteiger partial charge on any atom is 0.337 e. The third kappa shape index (κ3) is 5.43. The van der Waals surface area contributed by atoms with Gasteiger partial charge in [0, 0.05) is 25.2 Å². The molecule has 0 saturated heterocycles. The fourth-order valence-corrected chi connectivity index (χ4v) is 3.78. The van der Waals surface area contributed by atoms with Crippen molar-refractivity contribution >= 4 is 11.8 Å². The van der Waals surface area contributed by atoms with Gasteiger partial charge in [-0.1, -0.05) is 67.9 Å². The summed E-state index contributed by atoms with van der Waals surface area (Å²) in [5.41, 5.74) is 3.50. The van der Waals surface area contributed by atoms with Gasteiger partial charge in [-0.2, -0.15) is 0 Å². The first kappa shape index (κ1) is 23.0. The van der Waals surface area contributed by atoms with E-state index in [-0.39, 0.29) is 23.6 Å². The highest BCUT2D eigenvalue weighted by atomic mass is 16.4. The van der Waals surface area contributed by atoms with Crippen LogP contribution in [0.25, 0.3) is 11.1 Å². The fourth-order valence-electron chi connectivity index (χ4n) is 3.78. The van der Waals surface area contributed by atoms with Gasteiger partial charge in [-0.05, 0) is 34.7 Å². The van der Waals surface area contributed by atoms with E-state index in [0.717, 1.165) is 41.8 Å². The van der Waals surface area contributed by atoms with E-state index in [4.69, 9.17) is 0 Å². The average Bonchev–Trinajstić information content (AvgIpc) is 3.26. The van der Waals surface area contributed by atoms with Crippen LogP contribution in [0, 0.1) is 0 Å². The lowest BCUT2D eigenvalue weighted by Crippen LogP contribution is -2.09. The summed E-state index contributed by atoms with van der Waals surface area (Å²) < 4.78 is 1.80. The molecule has 0 aliphatic heterocycles. The van der Waals surface area contributed by atoms with Gasteiger partial charge in [-0.3, -0.25) is 9.78 Å². The van der Waals surface area contributed by atoms with E-state index >= 15 is 0 Å². The van der Waals surface area contributed by atoms with E-state index < -0.39 is 5.97 Å². The largest absolute Gasteiger partial charge is 0.478 e. The molecule has 0 spiro atoms. The van der Waals surface area contributed by atoms with Gasteiger partial charge in [-0.15, -0.1) is 5.10 Å². The van der Waals surface area contributed by atoms with Crippen LogP contribution in [0.15, 0.2) is 73.1 Å². The molecule has 2 aromatic heterocycles. The van der Waals surface area contributed by atoms with Crippen LogP contribution in [-0.2, 0) is 19.4 Å². The molecule has 4 aromatic rings. The molecule has 7 heteroatoms. The first-order chi connectivity index (χ1) is 16.5. The number of aromatic nitrogens is 4. The highest BCUT2D eigenvalue weighted by Crippen LogP contribution is 2.24. The standard InChI is InChI=1S/C27H26N4O3/c1-2-3-9-25-29-26(24(32)16-19-7-5-4-6-8-19)30-31(25)18-20-10-12-21(13-11-20)22-14-15-28-17-23(22)27(33)34/h4-8,10-15,17H,2-3,9,16,18H2,1H3,(H,33,34). The molecule has 0 saturated carbocycles. The maximum atomic E-state index is 12.8. The zero-order valence-corrected chi connectivity index (χ0v) is 19.0. The third-order valence-corrected chi connectivity index (χ3v) is 5.61. The quantitative estimate of drug-likeness (QED) is 0.344. The Bertz CT molecular complexity index is 1280. The summed E-state index contributed by atoms with van der Waals surface area (Å²) in [7, 11) is 0. The molecule has 1 N–H and O–H groups in total. The summed E-state index contributed by atoms with van der Waals surface area (Å²) in [5, 5.41) is 14.0. The number of nitrogens with zero attached hydrogens (tertiary/aromatic N) is 4. The van der Waals surface area contributed by atoms with Crippen LogP contribution in [0.2, 0.25) is 0 Å². The summed E-state index contributed by atoms with van der Waals surface area (Å²) in [6.45, 7) is 2.60. The molecule has 0 aliphatic rings. The van der Waals surface area contributed by atoms with Crippen LogP contribution < -0.4 is 0 Å². The Morgan fingerprint density at radius 1 is 0.971 bits per heavy atom. The van der Waals surface area contributed by atoms with E-state index in [9.17, 15) is 14.7 Å². The first-order valence-electron chi connectivity index (χ1n) is 11.3.